The number of sulfone groups is 1. The molecule has 0 aromatic heterocycles. The number of carbonyl (C=O) groups excluding carboxylic acids is 1. The largest absolute Gasteiger partial charge is 0.381 e. The molecule has 0 amide bonds. The Hall–Kier alpha value is -1.20. The number of Topliss-reactive ketones (excluding diaryl/α,β-unsaturated/α-hetero) is 1. The Morgan fingerprint density at radius 2 is 1.79 bits per heavy atom. The summed E-state index contributed by atoms with van der Waals surface area (Å²) < 4.78 is 29.4. The zero-order valence-electron chi connectivity index (χ0n) is 10.7. The van der Waals surface area contributed by atoms with E-state index in [1.54, 1.807) is 0 Å². The van der Waals surface area contributed by atoms with E-state index >= 15 is 0 Å². The summed E-state index contributed by atoms with van der Waals surface area (Å²) in [5.41, 5.74) is 0.856. The molecule has 0 aliphatic carbocycles. The van der Waals surface area contributed by atoms with Crippen LogP contribution in [0.3, 0.4) is 0 Å². The molecule has 0 spiro atoms. The van der Waals surface area contributed by atoms with Gasteiger partial charge in [0.05, 0.1) is 5.25 Å². The standard InChI is InChI=1S/C14H18O4S/c15-13(10-12-4-2-1-3-5-12)11-19(16,17)14-6-8-18-9-7-14/h1-5,14H,6-11H2. The molecule has 4 nitrogen and oxygen atoms in total. The number of benzene rings is 1. The van der Waals surface area contributed by atoms with Crippen molar-refractivity contribution in [2.45, 2.75) is 24.5 Å². The van der Waals surface area contributed by atoms with Gasteiger partial charge in [-0.3, -0.25) is 4.79 Å². The lowest BCUT2D eigenvalue weighted by molar-refractivity contribution is -0.116. The van der Waals surface area contributed by atoms with Crippen LogP contribution in [0.15, 0.2) is 30.3 Å². The molecule has 0 radical (unpaired) electrons. The molecular weight excluding hydrogens is 264 g/mol. The summed E-state index contributed by atoms with van der Waals surface area (Å²) in [5.74, 6) is -0.593. The lowest BCUT2D eigenvalue weighted by Crippen LogP contribution is -2.33. The lowest BCUT2D eigenvalue weighted by Gasteiger charge is -2.21. The molecule has 0 bridgehead atoms. The first-order valence-corrected chi connectivity index (χ1v) is 8.14. The second-order valence-electron chi connectivity index (χ2n) is 4.82. The van der Waals surface area contributed by atoms with E-state index in [1.165, 1.54) is 0 Å². The highest BCUT2D eigenvalue weighted by Gasteiger charge is 2.29. The van der Waals surface area contributed by atoms with Crippen molar-refractivity contribution in [3.63, 3.8) is 0 Å². The highest BCUT2D eigenvalue weighted by atomic mass is 32.2. The Balaban J connectivity index is 1.94. The number of hydrogen-bond acceptors (Lipinski definition) is 4. The van der Waals surface area contributed by atoms with Crippen molar-refractivity contribution in [1.82, 2.24) is 0 Å². The third-order valence-corrected chi connectivity index (χ3v) is 5.49. The van der Waals surface area contributed by atoms with E-state index in [-0.39, 0.29) is 18.0 Å². The van der Waals surface area contributed by atoms with Crippen LogP contribution in [0.5, 0.6) is 0 Å². The molecule has 5 heteroatoms. The fraction of sp³-hybridized carbons (Fsp3) is 0.500. The molecular formula is C14H18O4S. The van der Waals surface area contributed by atoms with Crippen LogP contribution < -0.4 is 0 Å². The second kappa shape index (κ2) is 6.30. The summed E-state index contributed by atoms with van der Waals surface area (Å²) in [4.78, 5) is 11.9. The SMILES string of the molecule is O=C(Cc1ccccc1)CS(=O)(=O)C1CCOCC1. The molecule has 19 heavy (non-hydrogen) atoms. The van der Waals surface area contributed by atoms with E-state index in [0.717, 1.165) is 5.56 Å². The zero-order chi connectivity index (χ0) is 13.7. The van der Waals surface area contributed by atoms with E-state index in [9.17, 15) is 13.2 Å². The fourth-order valence-electron chi connectivity index (χ4n) is 2.25. The van der Waals surface area contributed by atoms with E-state index < -0.39 is 15.1 Å². The predicted octanol–water partition coefficient (Wildman–Crippen LogP) is 1.39. The monoisotopic (exact) mass is 282 g/mol. The summed E-state index contributed by atoms with van der Waals surface area (Å²) in [6.07, 6.45) is 1.19. The third-order valence-electron chi connectivity index (χ3n) is 3.28. The van der Waals surface area contributed by atoms with Gasteiger partial charge in [0.2, 0.25) is 0 Å². The van der Waals surface area contributed by atoms with Crippen molar-refractivity contribution in [1.29, 1.82) is 0 Å². The van der Waals surface area contributed by atoms with Crippen LogP contribution in [0.4, 0.5) is 0 Å². The molecule has 1 saturated heterocycles. The molecule has 1 aromatic carbocycles. The van der Waals surface area contributed by atoms with Crippen molar-refractivity contribution in [3.05, 3.63) is 35.9 Å². The average molecular weight is 282 g/mol. The maximum Gasteiger partial charge on any atom is 0.160 e. The van der Waals surface area contributed by atoms with Crippen LogP contribution in [0, 0.1) is 0 Å². The smallest absolute Gasteiger partial charge is 0.160 e. The van der Waals surface area contributed by atoms with Gasteiger partial charge in [-0.25, -0.2) is 8.42 Å². The first kappa shape index (κ1) is 14.2. The van der Waals surface area contributed by atoms with Crippen LogP contribution in [0.2, 0.25) is 0 Å². The third kappa shape index (κ3) is 4.14. The van der Waals surface area contributed by atoms with Gasteiger partial charge in [-0.2, -0.15) is 0 Å². The highest BCUT2D eigenvalue weighted by molar-refractivity contribution is 7.92. The Labute approximate surface area is 113 Å². The number of ether oxygens (including phenoxy) is 1. The Morgan fingerprint density at radius 1 is 1.16 bits per heavy atom. The van der Waals surface area contributed by atoms with Crippen molar-refractivity contribution < 1.29 is 17.9 Å². The number of rotatable bonds is 5. The van der Waals surface area contributed by atoms with Crippen LogP contribution in [-0.4, -0.2) is 38.4 Å². The molecule has 0 unspecified atom stereocenters. The molecule has 1 aliphatic rings. The minimum atomic E-state index is -3.33. The maximum atomic E-state index is 12.1. The van der Waals surface area contributed by atoms with E-state index in [1.807, 2.05) is 30.3 Å². The molecule has 1 aliphatic heterocycles. The normalized spacial score (nSPS) is 17.3. The molecule has 1 aromatic rings. The minimum Gasteiger partial charge on any atom is -0.381 e. The molecule has 104 valence electrons. The molecule has 1 heterocycles. The summed E-state index contributed by atoms with van der Waals surface area (Å²) in [6, 6.07) is 9.22. The summed E-state index contributed by atoms with van der Waals surface area (Å²) >= 11 is 0. The number of ketones is 1. The van der Waals surface area contributed by atoms with Gasteiger partial charge in [-0.1, -0.05) is 30.3 Å². The van der Waals surface area contributed by atoms with Crippen LogP contribution in [0.1, 0.15) is 18.4 Å². The van der Waals surface area contributed by atoms with Gasteiger partial charge in [0.25, 0.3) is 0 Å². The van der Waals surface area contributed by atoms with Crippen LogP contribution in [0.25, 0.3) is 0 Å². The Bertz CT molecular complexity index is 516. The number of hydrogen-bond donors (Lipinski definition) is 0. The quantitative estimate of drug-likeness (QED) is 0.819. The van der Waals surface area contributed by atoms with Crippen molar-refractivity contribution >= 4 is 15.6 Å². The molecule has 0 atom stereocenters. The van der Waals surface area contributed by atoms with E-state index in [4.69, 9.17) is 4.74 Å². The molecule has 1 fully saturated rings. The molecule has 0 saturated carbocycles. The van der Waals surface area contributed by atoms with Gasteiger partial charge >= 0.3 is 0 Å². The number of carbonyl (C=O) groups is 1. The topological polar surface area (TPSA) is 60.4 Å². The minimum absolute atomic E-state index is 0.184. The van der Waals surface area contributed by atoms with Crippen molar-refractivity contribution in [2.24, 2.45) is 0 Å². The van der Waals surface area contributed by atoms with Crippen LogP contribution in [-0.2, 0) is 25.8 Å². The van der Waals surface area contributed by atoms with E-state index in [2.05, 4.69) is 0 Å². The lowest BCUT2D eigenvalue weighted by atomic mass is 10.1. The molecule has 2 rings (SSSR count). The van der Waals surface area contributed by atoms with Crippen LogP contribution >= 0.6 is 0 Å². The summed E-state index contributed by atoms with van der Waals surface area (Å²) in [6.45, 7) is 0.938. The van der Waals surface area contributed by atoms with Gasteiger partial charge < -0.3 is 4.74 Å². The Kier molecular flexibility index (Phi) is 4.71. The van der Waals surface area contributed by atoms with Crippen molar-refractivity contribution in [2.75, 3.05) is 19.0 Å². The van der Waals surface area contributed by atoms with E-state index in [0.29, 0.717) is 26.1 Å². The van der Waals surface area contributed by atoms with Crippen molar-refractivity contribution in [3.8, 4) is 0 Å². The van der Waals surface area contributed by atoms with Gasteiger partial charge in [0.15, 0.2) is 15.6 Å². The van der Waals surface area contributed by atoms with Gasteiger partial charge in [0.1, 0.15) is 5.75 Å². The second-order valence-corrected chi connectivity index (χ2v) is 7.10. The highest BCUT2D eigenvalue weighted by Crippen LogP contribution is 2.17. The Morgan fingerprint density at radius 3 is 2.42 bits per heavy atom. The zero-order valence-corrected chi connectivity index (χ0v) is 11.6. The predicted molar refractivity (Wildman–Crippen MR) is 72.8 cm³/mol. The molecule has 0 N–H and O–H groups in total. The van der Waals surface area contributed by atoms with Gasteiger partial charge in [-0.05, 0) is 18.4 Å². The first-order valence-electron chi connectivity index (χ1n) is 6.43. The first-order chi connectivity index (χ1) is 9.08. The summed E-state index contributed by atoms with van der Waals surface area (Å²) in [5, 5.41) is -0.416. The van der Waals surface area contributed by atoms with Gasteiger partial charge in [-0.15, -0.1) is 0 Å². The summed E-state index contributed by atoms with van der Waals surface area (Å²) in [7, 11) is -3.33. The maximum absolute atomic E-state index is 12.1. The average Bonchev–Trinajstić information content (AvgIpc) is 2.40. The van der Waals surface area contributed by atoms with Gasteiger partial charge in [0, 0.05) is 19.6 Å². The fourth-order valence-corrected chi connectivity index (χ4v) is 3.95.